The van der Waals surface area contributed by atoms with Gasteiger partial charge in [-0.2, -0.15) is 0 Å². The zero-order valence-electron chi connectivity index (χ0n) is 12.1. The molecule has 5 nitrogen and oxygen atoms in total. The summed E-state index contributed by atoms with van der Waals surface area (Å²) >= 11 is 7.90. The standard InChI is InChI=1S/C16H12ClNO4S2/c17-11-3-1-10(2-4-11)5-7-23-13(9-14(20)21)18-16(22)15-12(19)6-8-24-15/h1-9,19H,(H,18,22)(H,20,21). The van der Waals surface area contributed by atoms with E-state index in [1.54, 1.807) is 29.0 Å². The van der Waals surface area contributed by atoms with Crippen LogP contribution in [0.3, 0.4) is 0 Å². The van der Waals surface area contributed by atoms with Gasteiger partial charge in [-0.25, -0.2) is 4.79 Å². The number of aliphatic carboxylic acids is 1. The van der Waals surface area contributed by atoms with Gasteiger partial charge in [-0.1, -0.05) is 35.5 Å². The van der Waals surface area contributed by atoms with Crippen LogP contribution in [-0.4, -0.2) is 22.1 Å². The van der Waals surface area contributed by atoms with Gasteiger partial charge in [-0.3, -0.25) is 4.79 Å². The Balaban J connectivity index is 2.06. The number of carbonyl (C=O) groups is 2. The zero-order chi connectivity index (χ0) is 17.5. The van der Waals surface area contributed by atoms with Crippen molar-refractivity contribution in [3.63, 3.8) is 0 Å². The number of nitrogens with one attached hydrogen (secondary N) is 1. The first-order chi connectivity index (χ1) is 11.5. The summed E-state index contributed by atoms with van der Waals surface area (Å²) in [7, 11) is 0. The highest BCUT2D eigenvalue weighted by molar-refractivity contribution is 8.05. The highest BCUT2D eigenvalue weighted by Crippen LogP contribution is 2.24. The van der Waals surface area contributed by atoms with E-state index in [9.17, 15) is 14.7 Å². The third kappa shape index (κ3) is 5.45. The van der Waals surface area contributed by atoms with E-state index in [0.717, 1.165) is 34.7 Å². The van der Waals surface area contributed by atoms with Crippen molar-refractivity contribution < 1.29 is 19.8 Å². The van der Waals surface area contributed by atoms with E-state index < -0.39 is 11.9 Å². The molecule has 124 valence electrons. The third-order valence-corrected chi connectivity index (χ3v) is 4.57. The molecule has 0 atom stereocenters. The lowest BCUT2D eigenvalue weighted by atomic mass is 10.2. The molecule has 1 aromatic heterocycles. The molecule has 24 heavy (non-hydrogen) atoms. The smallest absolute Gasteiger partial charge is 0.330 e. The monoisotopic (exact) mass is 381 g/mol. The van der Waals surface area contributed by atoms with Crippen LogP contribution in [0.5, 0.6) is 5.75 Å². The molecule has 2 aromatic rings. The molecule has 0 aliphatic rings. The quantitative estimate of drug-likeness (QED) is 0.654. The van der Waals surface area contributed by atoms with Crippen molar-refractivity contribution in [3.8, 4) is 5.75 Å². The van der Waals surface area contributed by atoms with Gasteiger partial charge in [-0.15, -0.1) is 11.3 Å². The number of hydrogen-bond acceptors (Lipinski definition) is 5. The summed E-state index contributed by atoms with van der Waals surface area (Å²) in [5, 5.41) is 24.9. The Morgan fingerprint density at radius 2 is 1.92 bits per heavy atom. The third-order valence-electron chi connectivity index (χ3n) is 2.67. The minimum atomic E-state index is -1.19. The Morgan fingerprint density at radius 1 is 1.21 bits per heavy atom. The molecule has 0 fully saturated rings. The number of rotatable bonds is 6. The van der Waals surface area contributed by atoms with Crippen LogP contribution in [-0.2, 0) is 4.79 Å². The molecule has 0 bridgehead atoms. The van der Waals surface area contributed by atoms with Gasteiger partial charge in [-0.05, 0) is 40.6 Å². The highest BCUT2D eigenvalue weighted by Gasteiger charge is 2.14. The molecule has 0 radical (unpaired) electrons. The fraction of sp³-hybridized carbons (Fsp3) is 0. The molecule has 8 heteroatoms. The highest BCUT2D eigenvalue weighted by atomic mass is 35.5. The van der Waals surface area contributed by atoms with Crippen LogP contribution in [0.25, 0.3) is 6.08 Å². The number of carboxylic acids is 1. The second-order valence-electron chi connectivity index (χ2n) is 4.41. The number of halogens is 1. The Labute approximate surface area is 151 Å². The number of hydrogen-bond donors (Lipinski definition) is 3. The lowest BCUT2D eigenvalue weighted by Gasteiger charge is -2.05. The van der Waals surface area contributed by atoms with Gasteiger partial charge in [0.25, 0.3) is 5.91 Å². The zero-order valence-corrected chi connectivity index (χ0v) is 14.5. The normalized spacial score (nSPS) is 11.6. The molecule has 0 aliphatic heterocycles. The molecule has 1 amide bonds. The Morgan fingerprint density at radius 3 is 2.50 bits per heavy atom. The molecular formula is C16H12ClNO4S2. The van der Waals surface area contributed by atoms with Crippen LogP contribution in [0.15, 0.2) is 52.2 Å². The van der Waals surface area contributed by atoms with Gasteiger partial charge < -0.3 is 15.5 Å². The van der Waals surface area contributed by atoms with Crippen molar-refractivity contribution in [2.75, 3.05) is 0 Å². The number of thiophene rings is 1. The summed E-state index contributed by atoms with van der Waals surface area (Å²) < 4.78 is 0. The first-order valence-corrected chi connectivity index (χ1v) is 8.70. The summed E-state index contributed by atoms with van der Waals surface area (Å²) in [6, 6.07) is 8.49. The van der Waals surface area contributed by atoms with E-state index in [2.05, 4.69) is 5.32 Å². The van der Waals surface area contributed by atoms with Gasteiger partial charge in [0.15, 0.2) is 0 Å². The van der Waals surface area contributed by atoms with Gasteiger partial charge in [0.05, 0.1) is 11.1 Å². The summed E-state index contributed by atoms with van der Waals surface area (Å²) in [6.07, 6.45) is 2.64. The molecule has 0 saturated carbocycles. The number of carboxylic acid groups (broad SMARTS) is 1. The summed E-state index contributed by atoms with van der Waals surface area (Å²) in [6.45, 7) is 0. The molecule has 0 aliphatic carbocycles. The van der Waals surface area contributed by atoms with Gasteiger partial charge in [0.2, 0.25) is 0 Å². The topological polar surface area (TPSA) is 86.6 Å². The molecular weight excluding hydrogens is 370 g/mol. The fourth-order valence-electron chi connectivity index (χ4n) is 1.61. The van der Waals surface area contributed by atoms with Crippen LogP contribution in [0.4, 0.5) is 0 Å². The molecule has 1 aromatic carbocycles. The summed E-state index contributed by atoms with van der Waals surface area (Å²) in [4.78, 5) is 23.1. The average molecular weight is 382 g/mol. The average Bonchev–Trinajstić information content (AvgIpc) is 2.95. The Hall–Kier alpha value is -2.22. The number of aromatic hydroxyl groups is 1. The predicted molar refractivity (Wildman–Crippen MR) is 97.2 cm³/mol. The second-order valence-corrected chi connectivity index (χ2v) is 6.71. The number of thioether (sulfide) groups is 1. The number of amides is 1. The van der Waals surface area contributed by atoms with E-state index in [4.69, 9.17) is 16.7 Å². The van der Waals surface area contributed by atoms with Crippen LogP contribution in [0, 0.1) is 0 Å². The molecule has 0 saturated heterocycles. The van der Waals surface area contributed by atoms with Crippen molar-refractivity contribution in [3.05, 3.63) is 67.7 Å². The maximum atomic E-state index is 12.0. The fourth-order valence-corrected chi connectivity index (χ4v) is 3.11. The van der Waals surface area contributed by atoms with Gasteiger partial charge in [0.1, 0.15) is 10.6 Å². The first-order valence-electron chi connectivity index (χ1n) is 6.57. The minimum absolute atomic E-state index is 0.119. The maximum Gasteiger partial charge on any atom is 0.330 e. The lowest BCUT2D eigenvalue weighted by molar-refractivity contribution is -0.131. The van der Waals surface area contributed by atoms with Crippen molar-refractivity contribution in [2.45, 2.75) is 0 Å². The largest absolute Gasteiger partial charge is 0.506 e. The van der Waals surface area contributed by atoms with Crippen molar-refractivity contribution >= 4 is 52.7 Å². The van der Waals surface area contributed by atoms with E-state index in [1.807, 2.05) is 12.1 Å². The van der Waals surface area contributed by atoms with Crippen molar-refractivity contribution in [1.82, 2.24) is 5.32 Å². The van der Waals surface area contributed by atoms with Crippen molar-refractivity contribution in [2.24, 2.45) is 0 Å². The van der Waals surface area contributed by atoms with Crippen LogP contribution in [0.1, 0.15) is 15.2 Å². The molecule has 1 heterocycles. The van der Waals surface area contributed by atoms with Crippen LogP contribution in [0.2, 0.25) is 5.02 Å². The van der Waals surface area contributed by atoms with E-state index in [-0.39, 0.29) is 15.7 Å². The SMILES string of the molecule is O=C(O)C=C(NC(=O)c1sccc1O)SC=Cc1ccc(Cl)cc1. The van der Waals surface area contributed by atoms with E-state index in [1.165, 1.54) is 6.07 Å². The number of carbonyl (C=O) groups excluding carboxylic acids is 1. The van der Waals surface area contributed by atoms with E-state index in [0.29, 0.717) is 5.02 Å². The molecule has 3 N–H and O–H groups in total. The van der Waals surface area contributed by atoms with E-state index >= 15 is 0 Å². The second kappa shape index (κ2) is 8.58. The van der Waals surface area contributed by atoms with Gasteiger partial charge in [0, 0.05) is 5.02 Å². The van der Waals surface area contributed by atoms with Crippen LogP contribution >= 0.6 is 34.7 Å². The minimum Gasteiger partial charge on any atom is -0.506 e. The summed E-state index contributed by atoms with van der Waals surface area (Å²) in [5.41, 5.74) is 0.879. The summed E-state index contributed by atoms with van der Waals surface area (Å²) in [5.74, 6) is -1.90. The first kappa shape index (κ1) is 18.1. The van der Waals surface area contributed by atoms with Crippen molar-refractivity contribution in [1.29, 1.82) is 0 Å². The Kier molecular flexibility index (Phi) is 6.48. The molecule has 0 spiro atoms. The number of benzene rings is 1. The predicted octanol–water partition coefficient (Wildman–Crippen LogP) is 4.17. The lowest BCUT2D eigenvalue weighted by Crippen LogP contribution is -2.21. The molecule has 2 rings (SSSR count). The Bertz CT molecular complexity index is 797. The molecule has 0 unspecified atom stereocenters. The maximum absolute atomic E-state index is 12.0. The van der Waals surface area contributed by atoms with Crippen LogP contribution < -0.4 is 5.32 Å². The van der Waals surface area contributed by atoms with Gasteiger partial charge >= 0.3 is 5.97 Å².